The summed E-state index contributed by atoms with van der Waals surface area (Å²) in [5.74, 6) is -1.92. The minimum absolute atomic E-state index is 0.0208. The average Bonchev–Trinajstić information content (AvgIpc) is 2.57. The van der Waals surface area contributed by atoms with Gasteiger partial charge in [-0.3, -0.25) is 15.2 Å². The first-order valence-electron chi connectivity index (χ1n) is 7.16. The number of phenols is 1. The summed E-state index contributed by atoms with van der Waals surface area (Å²) in [7, 11) is -4.11. The first-order chi connectivity index (χ1) is 12.2. The van der Waals surface area contributed by atoms with E-state index in [0.717, 1.165) is 6.26 Å². The van der Waals surface area contributed by atoms with Crippen molar-refractivity contribution >= 4 is 33.6 Å². The standard InChI is InChI=1S/C16H16N4O5S/c1-26(23,24)25-20(16(17)18)15(22)14(12-5-3-7-19-10-12)9-11-4-2-6-13(21)8-11/h2-10,21H,1H3,(H3,17,18)/b14-9+. The van der Waals surface area contributed by atoms with Gasteiger partial charge in [0.15, 0.2) is 0 Å². The van der Waals surface area contributed by atoms with Crippen LogP contribution < -0.4 is 5.73 Å². The Hall–Kier alpha value is -3.24. The largest absolute Gasteiger partial charge is 0.508 e. The molecule has 4 N–H and O–H groups in total. The molecule has 0 unspecified atom stereocenters. The smallest absolute Gasteiger partial charge is 0.286 e. The maximum Gasteiger partial charge on any atom is 0.286 e. The van der Waals surface area contributed by atoms with Gasteiger partial charge in [0.1, 0.15) is 5.75 Å². The van der Waals surface area contributed by atoms with Gasteiger partial charge in [-0.15, -0.1) is 9.35 Å². The highest BCUT2D eigenvalue weighted by atomic mass is 32.2. The Bertz CT molecular complexity index is 958. The van der Waals surface area contributed by atoms with Crippen LogP contribution in [-0.2, 0) is 19.2 Å². The van der Waals surface area contributed by atoms with Crippen molar-refractivity contribution in [2.24, 2.45) is 5.73 Å². The zero-order chi connectivity index (χ0) is 19.3. The third-order valence-corrected chi connectivity index (χ3v) is 3.42. The highest BCUT2D eigenvalue weighted by Crippen LogP contribution is 2.22. The number of nitrogens with two attached hydrogens (primary N) is 1. The summed E-state index contributed by atoms with van der Waals surface area (Å²) in [5.41, 5.74) is 6.05. The number of nitrogens with zero attached hydrogens (tertiary/aromatic N) is 2. The van der Waals surface area contributed by atoms with Crippen molar-refractivity contribution in [1.82, 2.24) is 10.0 Å². The first-order valence-corrected chi connectivity index (χ1v) is 8.98. The number of hydroxylamine groups is 2. The second-order valence-electron chi connectivity index (χ2n) is 5.16. The molecule has 0 atom stereocenters. The van der Waals surface area contributed by atoms with E-state index in [2.05, 4.69) is 9.27 Å². The molecule has 2 rings (SSSR count). The monoisotopic (exact) mass is 376 g/mol. The molecule has 136 valence electrons. The van der Waals surface area contributed by atoms with E-state index in [9.17, 15) is 18.3 Å². The third-order valence-electron chi connectivity index (χ3n) is 3.00. The molecule has 0 aliphatic rings. The summed E-state index contributed by atoms with van der Waals surface area (Å²) in [4.78, 5) is 16.7. The number of pyridine rings is 1. The minimum Gasteiger partial charge on any atom is -0.508 e. The van der Waals surface area contributed by atoms with Gasteiger partial charge < -0.3 is 10.8 Å². The molecule has 1 aromatic heterocycles. The van der Waals surface area contributed by atoms with Crippen molar-refractivity contribution in [2.75, 3.05) is 6.26 Å². The number of nitrogens with one attached hydrogen (secondary N) is 1. The van der Waals surface area contributed by atoms with Gasteiger partial charge in [-0.25, -0.2) is 0 Å². The lowest BCUT2D eigenvalue weighted by Gasteiger charge is -2.19. The molecule has 26 heavy (non-hydrogen) atoms. The first kappa shape index (κ1) is 19.1. The molecule has 1 aromatic carbocycles. The number of phenolic OH excluding ortho intramolecular Hbond substituents is 1. The van der Waals surface area contributed by atoms with Crippen molar-refractivity contribution in [3.8, 4) is 5.75 Å². The second-order valence-corrected chi connectivity index (χ2v) is 6.72. The van der Waals surface area contributed by atoms with E-state index in [-0.39, 0.29) is 16.4 Å². The number of hydrogen-bond acceptors (Lipinski definition) is 7. The van der Waals surface area contributed by atoms with Gasteiger partial charge in [0, 0.05) is 18.0 Å². The average molecular weight is 376 g/mol. The lowest BCUT2D eigenvalue weighted by atomic mass is 10.0. The van der Waals surface area contributed by atoms with Crippen LogP contribution in [0.15, 0.2) is 48.8 Å². The van der Waals surface area contributed by atoms with Crippen LogP contribution in [0, 0.1) is 5.41 Å². The fourth-order valence-electron chi connectivity index (χ4n) is 2.00. The number of hydrogen-bond donors (Lipinski definition) is 3. The normalized spacial score (nSPS) is 11.8. The minimum atomic E-state index is -4.11. The van der Waals surface area contributed by atoms with E-state index in [1.807, 2.05) is 0 Å². The molecule has 0 spiro atoms. The Balaban J connectivity index is 2.56. The van der Waals surface area contributed by atoms with Crippen LogP contribution in [0.5, 0.6) is 5.75 Å². The predicted octanol–water partition coefficient (Wildman–Crippen LogP) is 0.941. The van der Waals surface area contributed by atoms with E-state index in [1.54, 1.807) is 24.3 Å². The van der Waals surface area contributed by atoms with E-state index in [1.165, 1.54) is 30.6 Å². The maximum atomic E-state index is 12.8. The van der Waals surface area contributed by atoms with Crippen LogP contribution in [0.2, 0.25) is 0 Å². The summed E-state index contributed by atoms with van der Waals surface area (Å²) in [6, 6.07) is 9.20. The van der Waals surface area contributed by atoms with Gasteiger partial charge >= 0.3 is 0 Å². The number of carbonyl (C=O) groups excluding carboxylic acids is 1. The van der Waals surface area contributed by atoms with Gasteiger partial charge in [-0.2, -0.15) is 8.42 Å². The van der Waals surface area contributed by atoms with Gasteiger partial charge in [0.2, 0.25) is 5.96 Å². The number of amides is 1. The maximum absolute atomic E-state index is 12.8. The molecule has 0 radical (unpaired) electrons. The molecule has 0 saturated heterocycles. The van der Waals surface area contributed by atoms with Crippen LogP contribution >= 0.6 is 0 Å². The molecule has 2 aromatic rings. The Kier molecular flexibility index (Phi) is 5.70. The Morgan fingerprint density at radius 3 is 2.62 bits per heavy atom. The molecular formula is C16H16N4O5S. The molecule has 0 saturated carbocycles. The fraction of sp³-hybridized carbons (Fsp3) is 0.0625. The van der Waals surface area contributed by atoms with E-state index in [0.29, 0.717) is 11.1 Å². The third kappa shape index (κ3) is 5.13. The Morgan fingerprint density at radius 1 is 1.35 bits per heavy atom. The summed E-state index contributed by atoms with van der Waals surface area (Å²) in [5, 5.41) is 17.2. The summed E-state index contributed by atoms with van der Waals surface area (Å²) in [6.07, 6.45) is 4.99. The van der Waals surface area contributed by atoms with Crippen molar-refractivity contribution in [3.05, 3.63) is 59.9 Å². The second kappa shape index (κ2) is 7.76. The number of rotatable bonds is 5. The van der Waals surface area contributed by atoms with Crippen molar-refractivity contribution in [1.29, 1.82) is 5.41 Å². The molecule has 0 aliphatic carbocycles. The molecular weight excluding hydrogens is 360 g/mol. The zero-order valence-corrected chi connectivity index (χ0v) is 14.5. The Morgan fingerprint density at radius 2 is 2.08 bits per heavy atom. The van der Waals surface area contributed by atoms with Crippen molar-refractivity contribution in [2.45, 2.75) is 0 Å². The fourth-order valence-corrected chi connectivity index (χ4v) is 2.42. The van der Waals surface area contributed by atoms with Crippen LogP contribution in [0.4, 0.5) is 0 Å². The van der Waals surface area contributed by atoms with Gasteiger partial charge in [-0.1, -0.05) is 18.2 Å². The van der Waals surface area contributed by atoms with E-state index >= 15 is 0 Å². The van der Waals surface area contributed by atoms with Crippen LogP contribution in [0.3, 0.4) is 0 Å². The quantitative estimate of drug-likeness (QED) is 0.304. The molecule has 0 fully saturated rings. The molecule has 10 heteroatoms. The number of carbonyl (C=O) groups is 1. The highest BCUT2D eigenvalue weighted by molar-refractivity contribution is 7.85. The van der Waals surface area contributed by atoms with Crippen LogP contribution in [0.1, 0.15) is 11.1 Å². The van der Waals surface area contributed by atoms with Gasteiger partial charge in [0.05, 0.1) is 11.8 Å². The Labute approximate surface area is 149 Å². The van der Waals surface area contributed by atoms with Crippen LogP contribution in [-0.4, -0.2) is 41.7 Å². The summed E-state index contributed by atoms with van der Waals surface area (Å²) < 4.78 is 27.3. The molecule has 1 heterocycles. The zero-order valence-electron chi connectivity index (χ0n) is 13.7. The van der Waals surface area contributed by atoms with Crippen molar-refractivity contribution < 1.29 is 22.6 Å². The highest BCUT2D eigenvalue weighted by Gasteiger charge is 2.27. The summed E-state index contributed by atoms with van der Waals surface area (Å²) >= 11 is 0. The van der Waals surface area contributed by atoms with Crippen LogP contribution in [0.25, 0.3) is 11.6 Å². The molecule has 1 amide bonds. The topological polar surface area (TPSA) is 147 Å². The number of benzene rings is 1. The summed E-state index contributed by atoms with van der Waals surface area (Å²) in [6.45, 7) is 0. The predicted molar refractivity (Wildman–Crippen MR) is 94.9 cm³/mol. The SMILES string of the molecule is CS(=O)(=O)ON(C(=N)N)C(=O)/C(=C/c1cccc(O)c1)c1cccnc1. The van der Waals surface area contributed by atoms with Gasteiger partial charge in [0.25, 0.3) is 16.0 Å². The van der Waals surface area contributed by atoms with Gasteiger partial charge in [-0.05, 0) is 29.8 Å². The molecule has 9 nitrogen and oxygen atoms in total. The molecule has 0 aliphatic heterocycles. The van der Waals surface area contributed by atoms with Crippen molar-refractivity contribution in [3.63, 3.8) is 0 Å². The number of aromatic hydroxyl groups is 1. The van der Waals surface area contributed by atoms with E-state index < -0.39 is 22.0 Å². The number of aromatic nitrogens is 1. The molecule has 0 bridgehead atoms. The van der Waals surface area contributed by atoms with E-state index in [4.69, 9.17) is 11.1 Å². The number of guanidine groups is 1. The lowest BCUT2D eigenvalue weighted by Crippen LogP contribution is -2.42. The lowest BCUT2D eigenvalue weighted by molar-refractivity contribution is -0.137.